The van der Waals surface area contributed by atoms with Crippen molar-refractivity contribution in [1.29, 1.82) is 0 Å². The third kappa shape index (κ3) is 6.06. The van der Waals surface area contributed by atoms with Gasteiger partial charge >= 0.3 is 0 Å². The van der Waals surface area contributed by atoms with Crippen molar-refractivity contribution in [3.63, 3.8) is 0 Å². The molecule has 0 radical (unpaired) electrons. The molecule has 200 valence electrons. The van der Waals surface area contributed by atoms with Crippen LogP contribution < -0.4 is 15.0 Å². The van der Waals surface area contributed by atoms with Crippen LogP contribution in [0.5, 0.6) is 5.75 Å². The Morgan fingerprint density at radius 3 is 2.47 bits per heavy atom. The van der Waals surface area contributed by atoms with Crippen molar-refractivity contribution in [3.05, 3.63) is 89.5 Å². The van der Waals surface area contributed by atoms with Crippen LogP contribution in [0.1, 0.15) is 23.6 Å². The number of sulfonamides is 1. The number of fused-ring (bicyclic) bond motifs is 1. The predicted molar refractivity (Wildman–Crippen MR) is 147 cm³/mol. The first-order valence-corrected chi connectivity index (χ1v) is 14.1. The average Bonchev–Trinajstić information content (AvgIpc) is 2.92. The van der Waals surface area contributed by atoms with E-state index in [1.165, 1.54) is 9.21 Å². The number of benzene rings is 3. The molecule has 0 aliphatic carbocycles. The minimum absolute atomic E-state index is 0.0198. The number of hydrogen-bond acceptors (Lipinski definition) is 5. The SMILES string of the molecule is CCN(CC(=O)N1CC(C(=O)NCCc2ccccc2)Oc2ccccc21)S(=O)(=O)c1cc(C)ccc1C. The molecular formula is C29H33N3O5S. The van der Waals surface area contributed by atoms with Gasteiger partial charge in [0, 0.05) is 13.1 Å². The number of carbonyl (C=O) groups excluding carboxylic acids is 2. The summed E-state index contributed by atoms with van der Waals surface area (Å²) >= 11 is 0. The molecule has 3 aromatic rings. The van der Waals surface area contributed by atoms with E-state index in [-0.39, 0.29) is 30.4 Å². The smallest absolute Gasteiger partial charge is 0.262 e. The summed E-state index contributed by atoms with van der Waals surface area (Å²) in [6.45, 7) is 5.44. The normalized spacial score (nSPS) is 15.1. The molecule has 0 bridgehead atoms. The highest BCUT2D eigenvalue weighted by Gasteiger charge is 2.36. The second-order valence-corrected chi connectivity index (χ2v) is 11.2. The number of amides is 2. The van der Waals surface area contributed by atoms with Crippen LogP contribution in [0.25, 0.3) is 0 Å². The van der Waals surface area contributed by atoms with E-state index in [1.807, 2.05) is 43.3 Å². The van der Waals surface area contributed by atoms with Gasteiger partial charge in [-0.3, -0.25) is 9.59 Å². The molecule has 0 spiro atoms. The molecule has 9 heteroatoms. The van der Waals surface area contributed by atoms with Crippen molar-refractivity contribution in [2.45, 2.75) is 38.2 Å². The van der Waals surface area contributed by atoms with Crippen LogP contribution >= 0.6 is 0 Å². The molecule has 1 aliphatic rings. The summed E-state index contributed by atoms with van der Waals surface area (Å²) in [5.41, 5.74) is 3.04. The molecule has 8 nitrogen and oxygen atoms in total. The zero-order chi connectivity index (χ0) is 27.3. The van der Waals surface area contributed by atoms with Gasteiger partial charge in [0.2, 0.25) is 15.9 Å². The summed E-state index contributed by atoms with van der Waals surface area (Å²) < 4.78 is 34.1. The van der Waals surface area contributed by atoms with E-state index in [0.717, 1.165) is 11.1 Å². The van der Waals surface area contributed by atoms with Crippen molar-refractivity contribution in [2.24, 2.45) is 0 Å². The molecule has 0 fully saturated rings. The van der Waals surface area contributed by atoms with E-state index in [1.54, 1.807) is 50.2 Å². The van der Waals surface area contributed by atoms with Crippen LogP contribution in [0.4, 0.5) is 5.69 Å². The van der Waals surface area contributed by atoms with Crippen LogP contribution in [0.15, 0.2) is 77.7 Å². The van der Waals surface area contributed by atoms with E-state index in [4.69, 9.17) is 4.74 Å². The number of ether oxygens (including phenoxy) is 1. The first-order valence-electron chi connectivity index (χ1n) is 12.7. The zero-order valence-electron chi connectivity index (χ0n) is 21.9. The lowest BCUT2D eigenvalue weighted by atomic mass is 10.1. The lowest BCUT2D eigenvalue weighted by molar-refractivity contribution is -0.128. The fourth-order valence-electron chi connectivity index (χ4n) is 4.42. The molecule has 1 heterocycles. The van der Waals surface area contributed by atoms with Gasteiger partial charge in [0.05, 0.1) is 23.7 Å². The number of rotatable bonds is 9. The molecular weight excluding hydrogens is 502 g/mol. The summed E-state index contributed by atoms with van der Waals surface area (Å²) in [6.07, 6.45) is -0.254. The first-order chi connectivity index (χ1) is 18.2. The second kappa shape index (κ2) is 11.8. The third-order valence-corrected chi connectivity index (χ3v) is 8.61. The van der Waals surface area contributed by atoms with E-state index in [2.05, 4.69) is 5.32 Å². The number of aryl methyl sites for hydroxylation is 2. The van der Waals surface area contributed by atoms with Gasteiger partial charge in [-0.2, -0.15) is 4.31 Å². The van der Waals surface area contributed by atoms with Gasteiger partial charge in [0.15, 0.2) is 6.10 Å². The lowest BCUT2D eigenvalue weighted by Gasteiger charge is -2.35. The Balaban J connectivity index is 1.50. The maximum absolute atomic E-state index is 13.6. The Morgan fingerprint density at radius 1 is 1.03 bits per heavy atom. The third-order valence-electron chi connectivity index (χ3n) is 6.55. The molecule has 1 N–H and O–H groups in total. The van der Waals surface area contributed by atoms with Crippen molar-refractivity contribution in [3.8, 4) is 5.75 Å². The fraction of sp³-hybridized carbons (Fsp3) is 0.310. The quantitative estimate of drug-likeness (QED) is 0.453. The van der Waals surface area contributed by atoms with Crippen molar-refractivity contribution in [2.75, 3.05) is 31.1 Å². The highest BCUT2D eigenvalue weighted by Crippen LogP contribution is 2.33. The Kier molecular flexibility index (Phi) is 8.48. The van der Waals surface area contributed by atoms with E-state index < -0.39 is 22.0 Å². The molecule has 1 unspecified atom stereocenters. The minimum Gasteiger partial charge on any atom is -0.477 e. The van der Waals surface area contributed by atoms with E-state index in [9.17, 15) is 18.0 Å². The zero-order valence-corrected chi connectivity index (χ0v) is 22.7. The number of hydrogen-bond donors (Lipinski definition) is 1. The van der Waals surface area contributed by atoms with Crippen molar-refractivity contribution >= 4 is 27.5 Å². The lowest BCUT2D eigenvalue weighted by Crippen LogP contribution is -2.53. The summed E-state index contributed by atoms with van der Waals surface area (Å²) in [7, 11) is -3.91. The minimum atomic E-state index is -3.91. The second-order valence-electron chi connectivity index (χ2n) is 9.31. The van der Waals surface area contributed by atoms with Gasteiger partial charge in [-0.05, 0) is 55.2 Å². The highest BCUT2D eigenvalue weighted by atomic mass is 32.2. The van der Waals surface area contributed by atoms with Crippen LogP contribution in [-0.2, 0) is 26.0 Å². The predicted octanol–water partition coefficient (Wildman–Crippen LogP) is 3.47. The summed E-state index contributed by atoms with van der Waals surface area (Å²) in [5, 5.41) is 2.89. The maximum Gasteiger partial charge on any atom is 0.262 e. The highest BCUT2D eigenvalue weighted by molar-refractivity contribution is 7.89. The number of nitrogens with one attached hydrogen (secondary N) is 1. The van der Waals surface area contributed by atoms with Gasteiger partial charge < -0.3 is 15.0 Å². The first kappa shape index (κ1) is 27.3. The molecule has 0 saturated carbocycles. The molecule has 38 heavy (non-hydrogen) atoms. The number of likely N-dealkylation sites (N-methyl/N-ethyl adjacent to an activating group) is 1. The van der Waals surface area contributed by atoms with E-state index >= 15 is 0 Å². The van der Waals surface area contributed by atoms with Crippen LogP contribution in [0.2, 0.25) is 0 Å². The van der Waals surface area contributed by atoms with Gasteiger partial charge in [-0.25, -0.2) is 8.42 Å². The van der Waals surface area contributed by atoms with Crippen LogP contribution in [-0.4, -0.2) is 56.8 Å². The van der Waals surface area contributed by atoms with E-state index in [0.29, 0.717) is 30.0 Å². The maximum atomic E-state index is 13.6. The standard InChI is InChI=1S/C29H33N3O5S/c1-4-31(38(35,36)27-18-21(2)14-15-22(27)3)20-28(33)32-19-26(37-25-13-9-8-12-24(25)32)29(34)30-17-16-23-10-6-5-7-11-23/h5-15,18,26H,4,16-17,19-20H2,1-3H3,(H,30,34). The molecule has 0 saturated heterocycles. The molecule has 0 aromatic heterocycles. The average molecular weight is 536 g/mol. The summed E-state index contributed by atoms with van der Waals surface area (Å²) in [5.74, 6) is -0.363. The molecule has 4 rings (SSSR count). The Hall–Kier alpha value is -3.69. The molecule has 1 atom stereocenters. The number of nitrogens with zero attached hydrogens (tertiary/aromatic N) is 2. The summed E-state index contributed by atoms with van der Waals surface area (Å²) in [4.78, 5) is 28.2. The Morgan fingerprint density at radius 2 is 1.74 bits per heavy atom. The number of carbonyl (C=O) groups is 2. The van der Waals surface area contributed by atoms with Gasteiger partial charge in [0.25, 0.3) is 5.91 Å². The van der Waals surface area contributed by atoms with Crippen LogP contribution in [0, 0.1) is 13.8 Å². The Labute approximate surface area is 224 Å². The fourth-order valence-corrected chi connectivity index (χ4v) is 6.13. The van der Waals surface area contributed by atoms with Crippen molar-refractivity contribution in [1.82, 2.24) is 9.62 Å². The Bertz CT molecular complexity index is 1410. The molecule has 1 aliphatic heterocycles. The van der Waals surface area contributed by atoms with Gasteiger partial charge in [0.1, 0.15) is 5.75 Å². The monoisotopic (exact) mass is 535 g/mol. The van der Waals surface area contributed by atoms with Gasteiger partial charge in [-0.15, -0.1) is 0 Å². The number of para-hydroxylation sites is 2. The summed E-state index contributed by atoms with van der Waals surface area (Å²) in [6, 6.07) is 22.0. The van der Waals surface area contributed by atoms with Crippen molar-refractivity contribution < 1.29 is 22.7 Å². The van der Waals surface area contributed by atoms with Crippen LogP contribution in [0.3, 0.4) is 0 Å². The molecule has 3 aromatic carbocycles. The topological polar surface area (TPSA) is 96.0 Å². The van der Waals surface area contributed by atoms with Gasteiger partial charge in [-0.1, -0.05) is 61.5 Å². The largest absolute Gasteiger partial charge is 0.477 e. The number of anilines is 1. The molecule has 2 amide bonds.